The maximum Gasteiger partial charge on any atom is 0.218 e. The minimum atomic E-state index is 0.350. The highest BCUT2D eigenvalue weighted by atomic mass is 16.5. The third-order valence-electron chi connectivity index (χ3n) is 1.54. The van der Waals surface area contributed by atoms with Crippen LogP contribution in [0.4, 0.5) is 5.82 Å². The Labute approximate surface area is 82.4 Å². The number of rotatable bonds is 5. The Balaban J connectivity index is 2.81. The second kappa shape index (κ2) is 5.36. The molecule has 0 aliphatic carbocycles. The number of nitrogens with two attached hydrogens (primary N) is 1. The Kier molecular flexibility index (Phi) is 4.09. The number of nitrogen functional groups attached to an aromatic ring is 1. The molecule has 1 aromatic rings. The van der Waals surface area contributed by atoms with Crippen molar-refractivity contribution in [3.63, 3.8) is 0 Å². The molecule has 0 unspecified atom stereocenters. The van der Waals surface area contributed by atoms with Crippen LogP contribution in [0.2, 0.25) is 0 Å². The topological polar surface area (TPSA) is 82.3 Å². The van der Waals surface area contributed by atoms with Gasteiger partial charge in [-0.15, -0.1) is 0 Å². The van der Waals surface area contributed by atoms with Gasteiger partial charge in [0.25, 0.3) is 0 Å². The van der Waals surface area contributed by atoms with Crippen LogP contribution in [0.5, 0.6) is 5.88 Å². The standard InChI is InChI=1S/C8H14N4O2/c1-3-14-5-7-10-6(12-9)4-8(11-7)13-2/h4H,3,5,9H2,1-2H3,(H,10,11,12). The Morgan fingerprint density at radius 1 is 1.50 bits per heavy atom. The lowest BCUT2D eigenvalue weighted by Crippen LogP contribution is -2.11. The largest absolute Gasteiger partial charge is 0.481 e. The van der Waals surface area contributed by atoms with Crippen molar-refractivity contribution in [1.29, 1.82) is 0 Å². The Bertz CT molecular complexity index is 270. The zero-order chi connectivity index (χ0) is 10.4. The third-order valence-corrected chi connectivity index (χ3v) is 1.54. The molecule has 0 aliphatic heterocycles. The fourth-order valence-corrected chi connectivity index (χ4v) is 0.909. The second-order valence-electron chi connectivity index (χ2n) is 2.49. The Hall–Kier alpha value is -1.40. The maximum absolute atomic E-state index is 5.23. The molecule has 0 spiro atoms. The van der Waals surface area contributed by atoms with E-state index in [9.17, 15) is 0 Å². The zero-order valence-corrected chi connectivity index (χ0v) is 8.28. The highest BCUT2D eigenvalue weighted by Gasteiger charge is 2.03. The number of nitrogens with zero attached hydrogens (tertiary/aromatic N) is 2. The first kappa shape index (κ1) is 10.7. The predicted octanol–water partition coefficient (Wildman–Crippen LogP) is 0.307. The fraction of sp³-hybridized carbons (Fsp3) is 0.500. The summed E-state index contributed by atoms with van der Waals surface area (Å²) in [7, 11) is 1.53. The van der Waals surface area contributed by atoms with Gasteiger partial charge in [-0.1, -0.05) is 0 Å². The van der Waals surface area contributed by atoms with E-state index < -0.39 is 0 Å². The van der Waals surface area contributed by atoms with Gasteiger partial charge in [-0.25, -0.2) is 10.8 Å². The molecule has 0 saturated heterocycles. The van der Waals surface area contributed by atoms with Crippen molar-refractivity contribution in [2.24, 2.45) is 5.84 Å². The molecule has 0 bridgehead atoms. The Morgan fingerprint density at radius 2 is 2.29 bits per heavy atom. The highest BCUT2D eigenvalue weighted by molar-refractivity contribution is 5.36. The van der Waals surface area contributed by atoms with Gasteiger partial charge in [0.15, 0.2) is 5.82 Å². The van der Waals surface area contributed by atoms with E-state index in [1.807, 2.05) is 6.92 Å². The molecule has 1 aromatic heterocycles. The van der Waals surface area contributed by atoms with Crippen molar-refractivity contribution < 1.29 is 9.47 Å². The van der Waals surface area contributed by atoms with E-state index in [4.69, 9.17) is 15.3 Å². The SMILES string of the molecule is CCOCc1nc(NN)cc(OC)n1. The van der Waals surface area contributed by atoms with E-state index in [2.05, 4.69) is 15.4 Å². The van der Waals surface area contributed by atoms with Crippen LogP contribution in [0.1, 0.15) is 12.7 Å². The quantitative estimate of drug-likeness (QED) is 0.523. The van der Waals surface area contributed by atoms with Gasteiger partial charge in [0, 0.05) is 12.7 Å². The summed E-state index contributed by atoms with van der Waals surface area (Å²) in [4.78, 5) is 8.17. The van der Waals surface area contributed by atoms with Gasteiger partial charge < -0.3 is 14.9 Å². The van der Waals surface area contributed by atoms with Crippen LogP contribution in [0.3, 0.4) is 0 Å². The summed E-state index contributed by atoms with van der Waals surface area (Å²) in [5, 5.41) is 0. The summed E-state index contributed by atoms with van der Waals surface area (Å²) >= 11 is 0. The average molecular weight is 198 g/mol. The molecule has 3 N–H and O–H groups in total. The molecule has 78 valence electrons. The molecule has 0 atom stereocenters. The van der Waals surface area contributed by atoms with Gasteiger partial charge in [0.2, 0.25) is 5.88 Å². The number of anilines is 1. The van der Waals surface area contributed by atoms with Gasteiger partial charge in [-0.05, 0) is 6.92 Å². The lowest BCUT2D eigenvalue weighted by atomic mass is 10.5. The van der Waals surface area contributed by atoms with Gasteiger partial charge in [0.1, 0.15) is 12.4 Å². The van der Waals surface area contributed by atoms with Crippen LogP contribution in [0.15, 0.2) is 6.07 Å². The number of hydrogen-bond donors (Lipinski definition) is 2. The molecular weight excluding hydrogens is 184 g/mol. The van der Waals surface area contributed by atoms with Crippen LogP contribution in [-0.4, -0.2) is 23.7 Å². The summed E-state index contributed by atoms with van der Waals surface area (Å²) in [6, 6.07) is 1.61. The van der Waals surface area contributed by atoms with Gasteiger partial charge in [-0.2, -0.15) is 4.98 Å². The van der Waals surface area contributed by atoms with E-state index >= 15 is 0 Å². The average Bonchev–Trinajstić information content (AvgIpc) is 2.25. The van der Waals surface area contributed by atoms with Crippen LogP contribution >= 0.6 is 0 Å². The van der Waals surface area contributed by atoms with Gasteiger partial charge >= 0.3 is 0 Å². The number of hydrazine groups is 1. The first-order chi connectivity index (χ1) is 6.80. The summed E-state index contributed by atoms with van der Waals surface area (Å²) in [5.74, 6) is 6.74. The number of nitrogens with one attached hydrogen (secondary N) is 1. The maximum atomic E-state index is 5.23. The summed E-state index contributed by atoms with van der Waals surface area (Å²) in [6.07, 6.45) is 0. The normalized spacial score (nSPS) is 9.93. The molecule has 0 saturated carbocycles. The minimum Gasteiger partial charge on any atom is -0.481 e. The van der Waals surface area contributed by atoms with Crippen molar-refractivity contribution in [3.8, 4) is 5.88 Å². The van der Waals surface area contributed by atoms with E-state index in [-0.39, 0.29) is 0 Å². The predicted molar refractivity (Wildman–Crippen MR) is 51.7 cm³/mol. The zero-order valence-electron chi connectivity index (χ0n) is 8.28. The van der Waals surface area contributed by atoms with E-state index in [1.54, 1.807) is 6.07 Å². The summed E-state index contributed by atoms with van der Waals surface area (Å²) in [5.41, 5.74) is 2.43. The lowest BCUT2D eigenvalue weighted by molar-refractivity contribution is 0.127. The van der Waals surface area contributed by atoms with Crippen LogP contribution < -0.4 is 16.0 Å². The summed E-state index contributed by atoms with van der Waals surface area (Å²) < 4.78 is 10.1. The monoisotopic (exact) mass is 198 g/mol. The molecule has 6 nitrogen and oxygen atoms in total. The molecule has 0 fully saturated rings. The first-order valence-electron chi connectivity index (χ1n) is 4.26. The molecule has 6 heteroatoms. The van der Waals surface area contributed by atoms with Crippen molar-refractivity contribution in [2.45, 2.75) is 13.5 Å². The van der Waals surface area contributed by atoms with Crippen LogP contribution in [-0.2, 0) is 11.3 Å². The molecular formula is C8H14N4O2. The first-order valence-corrected chi connectivity index (χ1v) is 4.26. The summed E-state index contributed by atoms with van der Waals surface area (Å²) in [6.45, 7) is 2.87. The van der Waals surface area contributed by atoms with Gasteiger partial charge in [-0.3, -0.25) is 0 Å². The highest BCUT2D eigenvalue weighted by Crippen LogP contribution is 2.12. The number of methoxy groups -OCH3 is 1. The molecule has 0 radical (unpaired) electrons. The molecule has 1 heterocycles. The van der Waals surface area contributed by atoms with Crippen molar-refractivity contribution in [2.75, 3.05) is 19.1 Å². The van der Waals surface area contributed by atoms with Gasteiger partial charge in [0.05, 0.1) is 7.11 Å². The fourth-order valence-electron chi connectivity index (χ4n) is 0.909. The van der Waals surface area contributed by atoms with E-state index in [0.717, 1.165) is 0 Å². The smallest absolute Gasteiger partial charge is 0.218 e. The van der Waals surface area contributed by atoms with E-state index in [0.29, 0.717) is 30.7 Å². The molecule has 0 amide bonds. The molecule has 0 aliphatic rings. The molecule has 0 aromatic carbocycles. The number of ether oxygens (including phenoxy) is 2. The Morgan fingerprint density at radius 3 is 2.86 bits per heavy atom. The third kappa shape index (κ3) is 2.82. The number of hydrogen-bond acceptors (Lipinski definition) is 6. The lowest BCUT2D eigenvalue weighted by Gasteiger charge is -2.06. The van der Waals surface area contributed by atoms with Crippen LogP contribution in [0.25, 0.3) is 0 Å². The molecule has 1 rings (SSSR count). The van der Waals surface area contributed by atoms with Crippen molar-refractivity contribution in [1.82, 2.24) is 9.97 Å². The van der Waals surface area contributed by atoms with Crippen molar-refractivity contribution >= 4 is 5.82 Å². The second-order valence-corrected chi connectivity index (χ2v) is 2.49. The van der Waals surface area contributed by atoms with E-state index in [1.165, 1.54) is 7.11 Å². The van der Waals surface area contributed by atoms with Crippen molar-refractivity contribution in [3.05, 3.63) is 11.9 Å². The molecule has 14 heavy (non-hydrogen) atoms. The minimum absolute atomic E-state index is 0.350. The van der Waals surface area contributed by atoms with Crippen LogP contribution in [0, 0.1) is 0 Å². The number of aromatic nitrogens is 2.